The van der Waals surface area contributed by atoms with Crippen LogP contribution in [0.4, 0.5) is 10.7 Å². The van der Waals surface area contributed by atoms with Crippen molar-refractivity contribution < 1.29 is 22.7 Å². The lowest BCUT2D eigenvalue weighted by atomic mass is 9.97. The Morgan fingerprint density at radius 2 is 1.89 bits per heavy atom. The highest BCUT2D eigenvalue weighted by Crippen LogP contribution is 2.27. The highest BCUT2D eigenvalue weighted by molar-refractivity contribution is 8.18. The van der Waals surface area contributed by atoms with Crippen LogP contribution in [0.1, 0.15) is 18.5 Å². The molecule has 2 aliphatic heterocycles. The van der Waals surface area contributed by atoms with Crippen molar-refractivity contribution in [1.29, 1.82) is 0 Å². The zero-order chi connectivity index (χ0) is 26.0. The van der Waals surface area contributed by atoms with Crippen LogP contribution in [0.5, 0.6) is 5.75 Å². The molecule has 0 radical (unpaired) electrons. The maximum Gasteiger partial charge on any atom is 0.290 e. The van der Waals surface area contributed by atoms with Crippen molar-refractivity contribution in [1.82, 2.24) is 20.0 Å². The number of hydrogen-bond donors (Lipinski definition) is 2. The predicted molar refractivity (Wildman–Crippen MR) is 142 cm³/mol. The molecule has 10 nitrogen and oxygen atoms in total. The van der Waals surface area contributed by atoms with E-state index in [4.69, 9.17) is 4.74 Å². The molecule has 1 aromatic heterocycles. The van der Waals surface area contributed by atoms with Gasteiger partial charge >= 0.3 is 0 Å². The Balaban J connectivity index is 1.18. The average Bonchev–Trinajstić information content (AvgIpc) is 3.23. The standard InChI is InChI=1S/C25H25N5O5S2/c1-35-20-4-2-18-13-21(5-3-17(18)12-20)37(33,34)27-15-16-7-10-30(11-8-16)24-26-9-6-19(28-24)14-22-23(31)29-25(32)36-22/h2-6,9,12-14,16,27H,7-8,10-11,15H2,1H3,(H,29,31,32). The minimum Gasteiger partial charge on any atom is -0.497 e. The number of thioether (sulfide) groups is 1. The molecule has 12 heteroatoms. The molecule has 0 saturated carbocycles. The van der Waals surface area contributed by atoms with Crippen LogP contribution in [-0.2, 0) is 14.8 Å². The Hall–Kier alpha value is -3.48. The highest BCUT2D eigenvalue weighted by Gasteiger charge is 2.26. The summed E-state index contributed by atoms with van der Waals surface area (Å²) >= 11 is 0.844. The molecule has 3 aromatic rings. The molecule has 0 spiro atoms. The third kappa shape index (κ3) is 5.76. The number of carbonyl (C=O) groups is 2. The first kappa shape index (κ1) is 25.2. The number of aromatic nitrogens is 2. The van der Waals surface area contributed by atoms with Crippen molar-refractivity contribution in [2.24, 2.45) is 5.92 Å². The Labute approximate surface area is 218 Å². The van der Waals surface area contributed by atoms with Crippen LogP contribution in [0.15, 0.2) is 58.5 Å². The lowest BCUT2D eigenvalue weighted by molar-refractivity contribution is -0.115. The number of piperidine rings is 1. The van der Waals surface area contributed by atoms with E-state index in [0.717, 1.165) is 41.1 Å². The average molecular weight is 540 g/mol. The van der Waals surface area contributed by atoms with Gasteiger partial charge in [0.2, 0.25) is 16.0 Å². The van der Waals surface area contributed by atoms with E-state index in [1.807, 2.05) is 23.1 Å². The van der Waals surface area contributed by atoms with Crippen molar-refractivity contribution in [3.05, 3.63) is 59.3 Å². The number of nitrogens with one attached hydrogen (secondary N) is 2. The number of amides is 2. The summed E-state index contributed by atoms with van der Waals surface area (Å²) in [7, 11) is -2.05. The number of rotatable bonds is 7. The molecule has 0 unspecified atom stereocenters. The summed E-state index contributed by atoms with van der Waals surface area (Å²) in [5.74, 6) is 1.02. The van der Waals surface area contributed by atoms with Crippen LogP contribution in [0.3, 0.4) is 0 Å². The zero-order valence-corrected chi connectivity index (χ0v) is 21.6. The summed E-state index contributed by atoms with van der Waals surface area (Å²) in [5, 5.41) is 3.56. The summed E-state index contributed by atoms with van der Waals surface area (Å²) < 4.78 is 33.9. The van der Waals surface area contributed by atoms with E-state index in [2.05, 4.69) is 20.0 Å². The summed E-state index contributed by atoms with van der Waals surface area (Å²) in [4.78, 5) is 34.6. The third-order valence-electron chi connectivity index (χ3n) is 6.37. The quantitative estimate of drug-likeness (QED) is 0.435. The van der Waals surface area contributed by atoms with Crippen molar-refractivity contribution >= 4 is 55.7 Å². The Kier molecular flexibility index (Phi) is 7.13. The first-order valence-corrected chi connectivity index (χ1v) is 14.0. The van der Waals surface area contributed by atoms with E-state index >= 15 is 0 Å². The zero-order valence-electron chi connectivity index (χ0n) is 20.0. The first-order valence-electron chi connectivity index (χ1n) is 11.7. The normalized spacial score (nSPS) is 18.0. The van der Waals surface area contributed by atoms with E-state index in [-0.39, 0.29) is 10.8 Å². The van der Waals surface area contributed by atoms with Crippen molar-refractivity contribution in [3.63, 3.8) is 0 Å². The van der Waals surface area contributed by atoms with Crippen LogP contribution in [0.25, 0.3) is 16.8 Å². The summed E-state index contributed by atoms with van der Waals surface area (Å²) in [5.41, 5.74) is 0.543. The molecule has 2 aliphatic rings. The molecule has 2 fully saturated rings. The second-order valence-electron chi connectivity index (χ2n) is 8.79. The smallest absolute Gasteiger partial charge is 0.290 e. The van der Waals surface area contributed by atoms with Gasteiger partial charge in [-0.3, -0.25) is 14.9 Å². The monoisotopic (exact) mass is 539 g/mol. The van der Waals surface area contributed by atoms with Crippen LogP contribution in [0, 0.1) is 5.92 Å². The van der Waals surface area contributed by atoms with Crippen LogP contribution in [0.2, 0.25) is 0 Å². The fourth-order valence-corrected chi connectivity index (χ4v) is 6.11. The number of carbonyl (C=O) groups excluding carboxylic acids is 2. The Bertz CT molecular complexity index is 1500. The lowest BCUT2D eigenvalue weighted by Gasteiger charge is -2.32. The van der Waals surface area contributed by atoms with Gasteiger partial charge in [0.05, 0.1) is 22.6 Å². The van der Waals surface area contributed by atoms with Gasteiger partial charge in [0.15, 0.2) is 0 Å². The fraction of sp³-hybridized carbons (Fsp3) is 0.280. The van der Waals surface area contributed by atoms with Gasteiger partial charge in [-0.05, 0) is 77.7 Å². The van der Waals surface area contributed by atoms with E-state index < -0.39 is 21.2 Å². The molecule has 37 heavy (non-hydrogen) atoms. The van der Waals surface area contributed by atoms with Gasteiger partial charge in [0.25, 0.3) is 11.1 Å². The predicted octanol–water partition coefficient (Wildman–Crippen LogP) is 3.16. The van der Waals surface area contributed by atoms with Crippen molar-refractivity contribution in [2.45, 2.75) is 17.7 Å². The molecule has 2 aromatic carbocycles. The van der Waals surface area contributed by atoms with Gasteiger partial charge in [0.1, 0.15) is 5.75 Å². The fourth-order valence-electron chi connectivity index (χ4n) is 4.29. The summed E-state index contributed by atoms with van der Waals surface area (Å²) in [6.07, 6.45) is 4.75. The number of methoxy groups -OCH3 is 1. The van der Waals surface area contributed by atoms with Gasteiger partial charge in [-0.25, -0.2) is 23.1 Å². The van der Waals surface area contributed by atoms with Crippen molar-refractivity contribution in [3.8, 4) is 5.75 Å². The maximum atomic E-state index is 12.9. The van der Waals surface area contributed by atoms with Gasteiger partial charge in [-0.1, -0.05) is 12.1 Å². The first-order chi connectivity index (χ1) is 17.8. The van der Waals surface area contributed by atoms with Gasteiger partial charge in [-0.2, -0.15) is 0 Å². The molecule has 0 bridgehead atoms. The summed E-state index contributed by atoms with van der Waals surface area (Å²) in [6.45, 7) is 1.71. The van der Waals surface area contributed by atoms with Gasteiger partial charge in [-0.15, -0.1) is 0 Å². The highest BCUT2D eigenvalue weighted by atomic mass is 32.2. The Morgan fingerprint density at radius 3 is 2.62 bits per heavy atom. The number of sulfonamides is 1. The van der Waals surface area contributed by atoms with Crippen LogP contribution >= 0.6 is 11.8 Å². The number of fused-ring (bicyclic) bond motifs is 1. The SMILES string of the molecule is COc1ccc2cc(S(=O)(=O)NCC3CCN(c4nccc(C=C5SC(=O)NC5=O)n4)CC3)ccc2c1. The molecule has 0 aliphatic carbocycles. The summed E-state index contributed by atoms with van der Waals surface area (Å²) in [6, 6.07) is 12.3. The molecule has 0 atom stereocenters. The largest absolute Gasteiger partial charge is 0.497 e. The second-order valence-corrected chi connectivity index (χ2v) is 11.6. The molecule has 192 valence electrons. The molecule has 3 heterocycles. The van der Waals surface area contributed by atoms with Crippen LogP contribution in [-0.4, -0.2) is 56.3 Å². The number of hydrogen-bond acceptors (Lipinski definition) is 9. The number of nitrogens with zero attached hydrogens (tertiary/aromatic N) is 3. The number of anilines is 1. The van der Waals surface area contributed by atoms with E-state index in [0.29, 0.717) is 36.2 Å². The minimum absolute atomic E-state index is 0.186. The van der Waals surface area contributed by atoms with E-state index in [9.17, 15) is 18.0 Å². The molecule has 2 saturated heterocycles. The van der Waals surface area contributed by atoms with Crippen molar-refractivity contribution in [2.75, 3.05) is 31.6 Å². The van der Waals surface area contributed by atoms with Gasteiger partial charge < -0.3 is 9.64 Å². The van der Waals surface area contributed by atoms with E-state index in [1.165, 1.54) is 0 Å². The molecule has 2 amide bonds. The third-order valence-corrected chi connectivity index (χ3v) is 8.61. The second kappa shape index (κ2) is 10.5. The van der Waals surface area contributed by atoms with Gasteiger partial charge in [0, 0.05) is 25.8 Å². The molecule has 5 rings (SSSR count). The number of ether oxygens (including phenoxy) is 1. The van der Waals surface area contributed by atoms with E-state index in [1.54, 1.807) is 43.6 Å². The lowest BCUT2D eigenvalue weighted by Crippen LogP contribution is -2.39. The topological polar surface area (TPSA) is 131 Å². The maximum absolute atomic E-state index is 12.9. The number of benzene rings is 2. The van der Waals surface area contributed by atoms with Crippen LogP contribution < -0.4 is 19.7 Å². The molecular formula is C25H25N5O5S2. The molecule has 2 N–H and O–H groups in total. The Morgan fingerprint density at radius 1 is 1.14 bits per heavy atom. The minimum atomic E-state index is -3.64. The number of imide groups is 1. The molecular weight excluding hydrogens is 514 g/mol.